The van der Waals surface area contributed by atoms with Gasteiger partial charge in [0.2, 0.25) is 0 Å². The van der Waals surface area contributed by atoms with Gasteiger partial charge >= 0.3 is 5.97 Å². The normalized spacial score (nSPS) is 10.5. The first-order valence-corrected chi connectivity index (χ1v) is 9.46. The number of hydrogen-bond donors (Lipinski definition) is 2. The third-order valence-corrected chi connectivity index (χ3v) is 4.82. The van der Waals surface area contributed by atoms with Crippen molar-refractivity contribution in [1.82, 2.24) is 10.3 Å². The van der Waals surface area contributed by atoms with Crippen LogP contribution in [0.4, 0.5) is 0 Å². The molecule has 25 heavy (non-hydrogen) atoms. The zero-order valence-electron chi connectivity index (χ0n) is 14.8. The Morgan fingerprint density at radius 3 is 2.60 bits per heavy atom. The van der Waals surface area contributed by atoms with Gasteiger partial charge in [0.25, 0.3) is 5.91 Å². The highest BCUT2D eigenvalue weighted by Crippen LogP contribution is 2.19. The van der Waals surface area contributed by atoms with Gasteiger partial charge in [-0.15, -0.1) is 0 Å². The average Bonchev–Trinajstić information content (AvgIpc) is 2.90. The van der Waals surface area contributed by atoms with Crippen molar-refractivity contribution in [3.05, 3.63) is 58.4 Å². The van der Waals surface area contributed by atoms with Crippen LogP contribution in [-0.2, 0) is 10.5 Å². The quantitative estimate of drug-likeness (QED) is 0.558. The van der Waals surface area contributed by atoms with Gasteiger partial charge in [0, 0.05) is 23.7 Å². The summed E-state index contributed by atoms with van der Waals surface area (Å²) >= 11 is 1.77. The van der Waals surface area contributed by atoms with E-state index in [4.69, 9.17) is 4.74 Å². The Morgan fingerprint density at radius 2 is 1.92 bits per heavy atom. The Kier molecular flexibility index (Phi) is 7.13. The minimum Gasteiger partial charge on any atom is -0.461 e. The molecule has 1 aromatic carbocycles. The maximum Gasteiger partial charge on any atom is 0.355 e. The lowest BCUT2D eigenvalue weighted by atomic mass is 10.1. The van der Waals surface area contributed by atoms with Crippen LogP contribution < -0.4 is 5.32 Å². The van der Waals surface area contributed by atoms with Crippen molar-refractivity contribution in [3.8, 4) is 0 Å². The summed E-state index contributed by atoms with van der Waals surface area (Å²) in [4.78, 5) is 27.3. The summed E-state index contributed by atoms with van der Waals surface area (Å²) in [6, 6.07) is 10.2. The molecule has 0 aliphatic carbocycles. The maximum atomic E-state index is 12.4. The van der Waals surface area contributed by atoms with Crippen LogP contribution >= 0.6 is 11.8 Å². The Morgan fingerprint density at radius 1 is 1.20 bits per heavy atom. The molecule has 0 unspecified atom stereocenters. The van der Waals surface area contributed by atoms with Gasteiger partial charge in [0.1, 0.15) is 5.69 Å². The molecule has 1 heterocycles. The van der Waals surface area contributed by atoms with Gasteiger partial charge in [-0.05, 0) is 31.9 Å². The molecular formula is C19H24N2O3S. The largest absolute Gasteiger partial charge is 0.461 e. The average molecular weight is 360 g/mol. The van der Waals surface area contributed by atoms with Gasteiger partial charge in [-0.3, -0.25) is 4.79 Å². The second kappa shape index (κ2) is 9.32. The first-order valence-electron chi connectivity index (χ1n) is 8.30. The second-order valence-corrected chi connectivity index (χ2v) is 6.74. The van der Waals surface area contributed by atoms with Gasteiger partial charge in [0.05, 0.1) is 12.2 Å². The number of esters is 1. The predicted molar refractivity (Wildman–Crippen MR) is 101 cm³/mol. The summed E-state index contributed by atoms with van der Waals surface area (Å²) in [6.07, 6.45) is 0. The number of benzene rings is 1. The van der Waals surface area contributed by atoms with Crippen LogP contribution in [0.2, 0.25) is 0 Å². The van der Waals surface area contributed by atoms with Crippen molar-refractivity contribution < 1.29 is 14.3 Å². The van der Waals surface area contributed by atoms with Crippen LogP contribution in [0.5, 0.6) is 0 Å². The van der Waals surface area contributed by atoms with E-state index in [-0.39, 0.29) is 5.91 Å². The van der Waals surface area contributed by atoms with Crippen molar-refractivity contribution >= 4 is 23.6 Å². The number of carbonyl (C=O) groups is 2. The monoisotopic (exact) mass is 360 g/mol. The molecule has 0 spiro atoms. The summed E-state index contributed by atoms with van der Waals surface area (Å²) < 4.78 is 5.01. The highest BCUT2D eigenvalue weighted by atomic mass is 32.2. The van der Waals surface area contributed by atoms with Crippen LogP contribution in [0.3, 0.4) is 0 Å². The Hall–Kier alpha value is -2.21. The highest BCUT2D eigenvalue weighted by Gasteiger charge is 2.22. The van der Waals surface area contributed by atoms with Gasteiger partial charge in [-0.25, -0.2) is 4.79 Å². The lowest BCUT2D eigenvalue weighted by molar-refractivity contribution is 0.0519. The first kappa shape index (κ1) is 19.1. The summed E-state index contributed by atoms with van der Waals surface area (Å²) in [6.45, 7) is 6.18. The van der Waals surface area contributed by atoms with Crippen molar-refractivity contribution in [2.45, 2.75) is 26.5 Å². The van der Waals surface area contributed by atoms with E-state index in [9.17, 15) is 9.59 Å². The van der Waals surface area contributed by atoms with Crippen LogP contribution in [0.15, 0.2) is 30.3 Å². The molecule has 0 atom stereocenters. The van der Waals surface area contributed by atoms with Gasteiger partial charge < -0.3 is 15.0 Å². The van der Waals surface area contributed by atoms with Crippen LogP contribution in [0.25, 0.3) is 0 Å². The number of carbonyl (C=O) groups excluding carboxylic acids is 2. The fraction of sp³-hybridized carbons (Fsp3) is 0.368. The fourth-order valence-electron chi connectivity index (χ4n) is 2.59. The molecule has 0 aliphatic heterocycles. The number of aromatic nitrogens is 1. The number of thioether (sulfide) groups is 1. The molecule has 2 rings (SSSR count). The topological polar surface area (TPSA) is 71.2 Å². The molecule has 1 amide bonds. The van der Waals surface area contributed by atoms with Gasteiger partial charge in [0.15, 0.2) is 0 Å². The molecule has 0 saturated heterocycles. The van der Waals surface area contributed by atoms with Crippen molar-refractivity contribution in [2.75, 3.05) is 18.9 Å². The molecule has 0 fully saturated rings. The lowest BCUT2D eigenvalue weighted by Gasteiger charge is -2.06. The first-order chi connectivity index (χ1) is 12.0. The Labute approximate surface area is 152 Å². The zero-order valence-corrected chi connectivity index (χ0v) is 15.7. The molecule has 0 aliphatic rings. The molecule has 1 aromatic heterocycles. The smallest absolute Gasteiger partial charge is 0.355 e. The SMILES string of the molecule is CCOC(=O)c1[nH]c(C)c(C(=O)NCCSCc2ccccc2)c1C. The third kappa shape index (κ3) is 5.13. The van der Waals surface area contributed by atoms with E-state index in [0.29, 0.717) is 35.7 Å². The number of ether oxygens (including phenoxy) is 1. The number of H-pyrrole nitrogens is 1. The van der Waals surface area contributed by atoms with Crippen molar-refractivity contribution in [3.63, 3.8) is 0 Å². The van der Waals surface area contributed by atoms with E-state index in [1.807, 2.05) is 18.2 Å². The van der Waals surface area contributed by atoms with E-state index in [1.165, 1.54) is 5.56 Å². The minimum atomic E-state index is -0.430. The fourth-order valence-corrected chi connectivity index (χ4v) is 3.41. The molecule has 5 nitrogen and oxygen atoms in total. The maximum absolute atomic E-state index is 12.4. The third-order valence-electron chi connectivity index (χ3n) is 3.79. The van der Waals surface area contributed by atoms with E-state index >= 15 is 0 Å². The Bertz CT molecular complexity index is 726. The highest BCUT2D eigenvalue weighted by molar-refractivity contribution is 7.98. The minimum absolute atomic E-state index is 0.165. The number of rotatable bonds is 8. The molecule has 134 valence electrons. The van der Waals surface area contributed by atoms with E-state index in [1.54, 1.807) is 32.5 Å². The Balaban J connectivity index is 1.85. The molecular weight excluding hydrogens is 336 g/mol. The lowest BCUT2D eigenvalue weighted by Crippen LogP contribution is -2.26. The van der Waals surface area contributed by atoms with Crippen molar-refractivity contribution in [2.24, 2.45) is 0 Å². The van der Waals surface area contributed by atoms with Crippen LogP contribution in [-0.4, -0.2) is 35.8 Å². The summed E-state index contributed by atoms with van der Waals surface area (Å²) in [5.41, 5.74) is 3.45. The number of nitrogens with one attached hydrogen (secondary N) is 2. The summed E-state index contributed by atoms with van der Waals surface area (Å²) in [5.74, 6) is 1.16. The van der Waals surface area contributed by atoms with E-state index < -0.39 is 5.97 Å². The molecule has 2 aromatic rings. The van der Waals surface area contributed by atoms with Crippen molar-refractivity contribution in [1.29, 1.82) is 0 Å². The number of amides is 1. The molecule has 0 saturated carbocycles. The zero-order chi connectivity index (χ0) is 18.2. The molecule has 0 radical (unpaired) electrons. The standard InChI is InChI=1S/C19H24N2O3S/c1-4-24-19(23)17-13(2)16(14(3)21-17)18(22)20-10-11-25-12-15-8-6-5-7-9-15/h5-9,21H,4,10-12H2,1-3H3,(H,20,22). The summed E-state index contributed by atoms with van der Waals surface area (Å²) in [7, 11) is 0. The number of aryl methyl sites for hydroxylation is 1. The predicted octanol–water partition coefficient (Wildman–Crippen LogP) is 3.47. The molecule has 2 N–H and O–H groups in total. The van der Waals surface area contributed by atoms with Crippen LogP contribution in [0, 0.1) is 13.8 Å². The van der Waals surface area contributed by atoms with Gasteiger partial charge in [-0.1, -0.05) is 30.3 Å². The van der Waals surface area contributed by atoms with Gasteiger partial charge in [-0.2, -0.15) is 11.8 Å². The van der Waals surface area contributed by atoms with E-state index in [2.05, 4.69) is 22.4 Å². The number of hydrogen-bond acceptors (Lipinski definition) is 4. The number of aromatic amines is 1. The molecule has 6 heteroatoms. The van der Waals surface area contributed by atoms with Crippen LogP contribution in [0.1, 0.15) is 44.6 Å². The molecule has 0 bridgehead atoms. The second-order valence-electron chi connectivity index (χ2n) is 5.64. The van der Waals surface area contributed by atoms with E-state index in [0.717, 1.165) is 11.5 Å². The summed E-state index contributed by atoms with van der Waals surface area (Å²) in [5, 5.41) is 2.92.